The quantitative estimate of drug-likeness (QED) is 0.838. The van der Waals surface area contributed by atoms with E-state index in [0.29, 0.717) is 0 Å². The number of hydrogen-bond donors (Lipinski definition) is 1. The maximum atomic E-state index is 6.08. The van der Waals surface area contributed by atoms with Gasteiger partial charge in [0.05, 0.1) is 7.11 Å². The first kappa shape index (κ1) is 9.99. The van der Waals surface area contributed by atoms with Crippen molar-refractivity contribution >= 4 is 15.9 Å². The molecule has 0 saturated heterocycles. The molecule has 2 N–H and O–H groups in total. The van der Waals surface area contributed by atoms with Crippen LogP contribution in [-0.4, -0.2) is 7.11 Å². The highest BCUT2D eigenvalue weighted by molar-refractivity contribution is 9.10. The third kappa shape index (κ3) is 1.66. The highest BCUT2D eigenvalue weighted by Gasteiger charge is 2.21. The molecule has 0 bridgehead atoms. The summed E-state index contributed by atoms with van der Waals surface area (Å²) in [6, 6.07) is 4.28. The summed E-state index contributed by atoms with van der Waals surface area (Å²) in [6.07, 6.45) is 3.34. The van der Waals surface area contributed by atoms with Crippen LogP contribution < -0.4 is 10.5 Å². The number of rotatable bonds is 1. The summed E-state index contributed by atoms with van der Waals surface area (Å²) in [6.45, 7) is 0. The topological polar surface area (TPSA) is 35.2 Å². The van der Waals surface area contributed by atoms with Crippen molar-refractivity contribution in [3.05, 3.63) is 27.7 Å². The van der Waals surface area contributed by atoms with Gasteiger partial charge < -0.3 is 10.5 Å². The number of fused-ring (bicyclic) bond motifs is 1. The number of benzene rings is 1. The Morgan fingerprint density at radius 2 is 2.29 bits per heavy atom. The standard InChI is InChI=1S/C11H14BrNO/c1-14-10-6-8(12)5-7-3-2-4-9(13)11(7)10/h5-6,9H,2-4,13H2,1H3/t9-/m1/s1. The van der Waals surface area contributed by atoms with Gasteiger partial charge in [0.25, 0.3) is 0 Å². The average molecular weight is 256 g/mol. The molecule has 0 aliphatic heterocycles. The summed E-state index contributed by atoms with van der Waals surface area (Å²) >= 11 is 3.48. The third-order valence-electron chi connectivity index (χ3n) is 2.74. The van der Waals surface area contributed by atoms with E-state index in [1.165, 1.54) is 17.5 Å². The van der Waals surface area contributed by atoms with E-state index < -0.39 is 0 Å². The summed E-state index contributed by atoms with van der Waals surface area (Å²) in [5, 5.41) is 0. The van der Waals surface area contributed by atoms with Crippen LogP contribution in [0.25, 0.3) is 0 Å². The van der Waals surface area contributed by atoms with Gasteiger partial charge in [0.2, 0.25) is 0 Å². The minimum atomic E-state index is 0.141. The van der Waals surface area contributed by atoms with Gasteiger partial charge in [-0.15, -0.1) is 0 Å². The largest absolute Gasteiger partial charge is 0.496 e. The van der Waals surface area contributed by atoms with Crippen LogP contribution in [0.3, 0.4) is 0 Å². The summed E-state index contributed by atoms with van der Waals surface area (Å²) < 4.78 is 6.43. The second-order valence-electron chi connectivity index (χ2n) is 3.68. The number of ether oxygens (including phenoxy) is 1. The van der Waals surface area contributed by atoms with Crippen molar-refractivity contribution in [3.63, 3.8) is 0 Å². The lowest BCUT2D eigenvalue weighted by molar-refractivity contribution is 0.398. The maximum Gasteiger partial charge on any atom is 0.125 e. The summed E-state index contributed by atoms with van der Waals surface area (Å²) in [5.41, 5.74) is 8.60. The lowest BCUT2D eigenvalue weighted by Crippen LogP contribution is -2.18. The lowest BCUT2D eigenvalue weighted by Gasteiger charge is -2.24. The zero-order chi connectivity index (χ0) is 10.1. The van der Waals surface area contributed by atoms with Crippen molar-refractivity contribution in [2.75, 3.05) is 7.11 Å². The van der Waals surface area contributed by atoms with E-state index in [1.807, 2.05) is 6.07 Å². The fourth-order valence-corrected chi connectivity index (χ4v) is 2.58. The van der Waals surface area contributed by atoms with Gasteiger partial charge in [-0.2, -0.15) is 0 Å². The lowest BCUT2D eigenvalue weighted by atomic mass is 9.87. The minimum Gasteiger partial charge on any atom is -0.496 e. The van der Waals surface area contributed by atoms with Gasteiger partial charge in [-0.3, -0.25) is 0 Å². The maximum absolute atomic E-state index is 6.08. The number of methoxy groups -OCH3 is 1. The van der Waals surface area contributed by atoms with Gasteiger partial charge >= 0.3 is 0 Å². The van der Waals surface area contributed by atoms with E-state index in [2.05, 4.69) is 22.0 Å². The fraction of sp³-hybridized carbons (Fsp3) is 0.455. The molecule has 0 amide bonds. The van der Waals surface area contributed by atoms with Crippen LogP contribution in [0.15, 0.2) is 16.6 Å². The molecule has 0 radical (unpaired) electrons. The molecule has 2 rings (SSSR count). The van der Waals surface area contributed by atoms with Gasteiger partial charge in [-0.05, 0) is 37.0 Å². The van der Waals surface area contributed by atoms with E-state index in [4.69, 9.17) is 10.5 Å². The Bertz CT molecular complexity index is 334. The van der Waals surface area contributed by atoms with Crippen LogP contribution in [0.5, 0.6) is 5.75 Å². The number of hydrogen-bond acceptors (Lipinski definition) is 2. The van der Waals surface area contributed by atoms with E-state index in [-0.39, 0.29) is 6.04 Å². The smallest absolute Gasteiger partial charge is 0.125 e. The second-order valence-corrected chi connectivity index (χ2v) is 4.60. The van der Waals surface area contributed by atoms with Gasteiger partial charge in [0.15, 0.2) is 0 Å². The van der Waals surface area contributed by atoms with Gasteiger partial charge in [0, 0.05) is 16.1 Å². The van der Waals surface area contributed by atoms with Gasteiger partial charge in [0.1, 0.15) is 5.75 Å². The molecule has 0 aromatic heterocycles. The van der Waals surface area contributed by atoms with Crippen LogP contribution in [0.1, 0.15) is 30.0 Å². The Balaban J connectivity index is 2.55. The molecule has 0 saturated carbocycles. The van der Waals surface area contributed by atoms with Crippen molar-refractivity contribution in [2.45, 2.75) is 25.3 Å². The molecule has 0 spiro atoms. The molecule has 1 aliphatic carbocycles. The molecule has 1 atom stereocenters. The van der Waals surface area contributed by atoms with Crippen LogP contribution in [0.2, 0.25) is 0 Å². The van der Waals surface area contributed by atoms with Crippen molar-refractivity contribution < 1.29 is 4.74 Å². The molecule has 1 aromatic rings. The van der Waals surface area contributed by atoms with E-state index in [1.54, 1.807) is 7.11 Å². The molecule has 0 heterocycles. The summed E-state index contributed by atoms with van der Waals surface area (Å²) in [4.78, 5) is 0. The minimum absolute atomic E-state index is 0.141. The Hall–Kier alpha value is -0.540. The SMILES string of the molecule is COc1cc(Br)cc2c1[C@H](N)CCC2. The number of nitrogens with two attached hydrogens (primary N) is 1. The second kappa shape index (κ2) is 3.91. The molecule has 0 fully saturated rings. The van der Waals surface area contributed by atoms with Crippen molar-refractivity contribution in [1.82, 2.24) is 0 Å². The predicted octanol–water partition coefficient (Wildman–Crippen LogP) is 2.79. The monoisotopic (exact) mass is 255 g/mol. The average Bonchev–Trinajstić information content (AvgIpc) is 2.16. The Morgan fingerprint density at radius 3 is 3.00 bits per heavy atom. The van der Waals surface area contributed by atoms with E-state index in [9.17, 15) is 0 Å². The Kier molecular flexibility index (Phi) is 2.79. The first-order chi connectivity index (χ1) is 6.72. The van der Waals surface area contributed by atoms with Crippen LogP contribution in [0.4, 0.5) is 0 Å². The third-order valence-corrected chi connectivity index (χ3v) is 3.20. The first-order valence-corrected chi connectivity index (χ1v) is 5.63. The molecule has 76 valence electrons. The Morgan fingerprint density at radius 1 is 1.50 bits per heavy atom. The van der Waals surface area contributed by atoms with E-state index in [0.717, 1.165) is 23.1 Å². The molecule has 1 aromatic carbocycles. The zero-order valence-electron chi connectivity index (χ0n) is 8.22. The normalized spacial score (nSPS) is 20.4. The first-order valence-electron chi connectivity index (χ1n) is 4.84. The van der Waals surface area contributed by atoms with Crippen molar-refractivity contribution in [1.29, 1.82) is 0 Å². The predicted molar refractivity (Wildman–Crippen MR) is 60.6 cm³/mol. The van der Waals surface area contributed by atoms with Gasteiger partial charge in [-0.25, -0.2) is 0 Å². The molecule has 14 heavy (non-hydrogen) atoms. The number of halogens is 1. The molecule has 3 heteroatoms. The van der Waals surface area contributed by atoms with Crippen LogP contribution in [-0.2, 0) is 6.42 Å². The molecular formula is C11H14BrNO. The van der Waals surface area contributed by atoms with Crippen LogP contribution in [0, 0.1) is 0 Å². The molecule has 0 unspecified atom stereocenters. The molecule has 2 nitrogen and oxygen atoms in total. The van der Waals surface area contributed by atoms with E-state index >= 15 is 0 Å². The number of aryl methyl sites for hydroxylation is 1. The molecular weight excluding hydrogens is 242 g/mol. The highest BCUT2D eigenvalue weighted by Crippen LogP contribution is 2.37. The summed E-state index contributed by atoms with van der Waals surface area (Å²) in [7, 11) is 1.70. The van der Waals surface area contributed by atoms with Crippen molar-refractivity contribution in [2.24, 2.45) is 5.73 Å². The highest BCUT2D eigenvalue weighted by atomic mass is 79.9. The molecule has 1 aliphatic rings. The fourth-order valence-electron chi connectivity index (χ4n) is 2.10. The zero-order valence-corrected chi connectivity index (χ0v) is 9.80. The van der Waals surface area contributed by atoms with Crippen molar-refractivity contribution in [3.8, 4) is 5.75 Å². The Labute approximate surface area is 92.6 Å². The van der Waals surface area contributed by atoms with Gasteiger partial charge in [-0.1, -0.05) is 15.9 Å². The summed E-state index contributed by atoms with van der Waals surface area (Å²) in [5.74, 6) is 0.918. The van der Waals surface area contributed by atoms with Crippen LogP contribution >= 0.6 is 15.9 Å².